The van der Waals surface area contributed by atoms with Crippen molar-refractivity contribution in [2.75, 3.05) is 0 Å². The average molecular weight is 286 g/mol. The lowest BCUT2D eigenvalue weighted by Crippen LogP contribution is -2.22. The molecule has 13 heavy (non-hydrogen) atoms. The first-order valence-electron chi connectivity index (χ1n) is 3.26. The van der Waals surface area contributed by atoms with Gasteiger partial charge in [-0.15, -0.1) is 0 Å². The van der Waals surface area contributed by atoms with Crippen molar-refractivity contribution in [2.24, 2.45) is 0 Å². The van der Waals surface area contributed by atoms with Crippen LogP contribution in [0.3, 0.4) is 0 Å². The van der Waals surface area contributed by atoms with Crippen LogP contribution in [0.15, 0.2) is 30.3 Å². The van der Waals surface area contributed by atoms with E-state index in [2.05, 4.69) is 15.9 Å². The molecule has 1 rings (SSSR count). The number of hydrogen-bond donors (Lipinski definition) is 1. The van der Waals surface area contributed by atoms with E-state index in [1.165, 1.54) is 12.1 Å². The number of benzene rings is 1. The van der Waals surface area contributed by atoms with Gasteiger partial charge in [-0.05, 0) is 15.9 Å². The Morgan fingerprint density at radius 3 is 2.15 bits per heavy atom. The third-order valence-corrected chi connectivity index (χ3v) is 4.81. The molecule has 6 heteroatoms. The summed E-state index contributed by atoms with van der Waals surface area (Å²) in [5.74, 6) is 0. The van der Waals surface area contributed by atoms with Crippen LogP contribution in [0, 0.1) is 0 Å². The summed E-state index contributed by atoms with van der Waals surface area (Å²) in [6.07, 6.45) is 0. The fourth-order valence-corrected chi connectivity index (χ4v) is 1.61. The molecule has 1 atom stereocenters. The quantitative estimate of drug-likeness (QED) is 0.670. The summed E-state index contributed by atoms with van der Waals surface area (Å²) >= 11 is 8.35. The van der Waals surface area contributed by atoms with Gasteiger partial charge in [-0.1, -0.05) is 41.9 Å². The van der Waals surface area contributed by atoms with Crippen molar-refractivity contribution >= 4 is 37.6 Å². The second kappa shape index (κ2) is 3.57. The van der Waals surface area contributed by atoms with Crippen LogP contribution in [0.25, 0.3) is 0 Å². The van der Waals surface area contributed by atoms with Crippen molar-refractivity contribution in [3.63, 3.8) is 0 Å². The number of rotatable bonds is 2. The topological polar surface area (TPSA) is 54.4 Å². The van der Waals surface area contributed by atoms with E-state index in [1.54, 1.807) is 18.2 Å². The van der Waals surface area contributed by atoms with Crippen molar-refractivity contribution in [1.82, 2.24) is 0 Å². The van der Waals surface area contributed by atoms with Crippen molar-refractivity contribution in [2.45, 2.75) is 3.12 Å². The van der Waals surface area contributed by atoms with Gasteiger partial charge >= 0.3 is 0 Å². The summed E-state index contributed by atoms with van der Waals surface area (Å²) in [6.45, 7) is 0. The van der Waals surface area contributed by atoms with E-state index >= 15 is 0 Å². The van der Waals surface area contributed by atoms with E-state index in [1.807, 2.05) is 0 Å². The molecular formula is C7H6BrClO3S. The largest absolute Gasteiger partial charge is 0.299 e. The maximum absolute atomic E-state index is 10.8. The fourth-order valence-electron chi connectivity index (χ4n) is 0.781. The molecular weight excluding hydrogens is 279 g/mol. The minimum Gasteiger partial charge on any atom is -0.283 e. The van der Waals surface area contributed by atoms with Gasteiger partial charge in [0.15, 0.2) is 0 Å². The van der Waals surface area contributed by atoms with E-state index in [0.29, 0.717) is 0 Å². The molecule has 3 nitrogen and oxygen atoms in total. The highest BCUT2D eigenvalue weighted by molar-refractivity contribution is 9.11. The maximum Gasteiger partial charge on any atom is 0.299 e. The molecule has 1 unspecified atom stereocenters. The van der Waals surface area contributed by atoms with E-state index in [-0.39, 0.29) is 5.56 Å². The molecule has 0 saturated heterocycles. The van der Waals surface area contributed by atoms with E-state index in [4.69, 9.17) is 16.2 Å². The monoisotopic (exact) mass is 284 g/mol. The minimum atomic E-state index is -4.37. The van der Waals surface area contributed by atoms with Crippen LogP contribution in [0.1, 0.15) is 5.56 Å². The second-order valence-corrected chi connectivity index (χ2v) is 6.88. The summed E-state index contributed by atoms with van der Waals surface area (Å²) < 4.78 is 28.5. The lowest BCUT2D eigenvalue weighted by Gasteiger charge is -2.16. The molecule has 0 fully saturated rings. The first-order valence-corrected chi connectivity index (χ1v) is 5.87. The smallest absolute Gasteiger partial charge is 0.283 e. The second-order valence-electron chi connectivity index (χ2n) is 2.36. The van der Waals surface area contributed by atoms with Crippen LogP contribution in [0.2, 0.25) is 0 Å². The van der Waals surface area contributed by atoms with Gasteiger partial charge in [-0.2, -0.15) is 8.42 Å². The molecule has 0 aromatic heterocycles. The Labute approximate surface area is 89.6 Å². The highest BCUT2D eigenvalue weighted by Gasteiger charge is 2.39. The SMILES string of the molecule is O=S(=O)(O)C(Cl)(Br)c1ccccc1. The number of halogens is 2. The van der Waals surface area contributed by atoms with Crippen LogP contribution < -0.4 is 0 Å². The van der Waals surface area contributed by atoms with Gasteiger partial charge in [0.05, 0.1) is 0 Å². The molecule has 0 aliphatic rings. The first kappa shape index (κ1) is 11.0. The van der Waals surface area contributed by atoms with Crippen LogP contribution in [0.5, 0.6) is 0 Å². The van der Waals surface area contributed by atoms with Gasteiger partial charge in [0.2, 0.25) is 3.12 Å². The molecule has 1 aromatic carbocycles. The molecule has 1 aromatic rings. The van der Waals surface area contributed by atoms with Crippen molar-refractivity contribution in [3.8, 4) is 0 Å². The Hall–Kier alpha value is -0.100. The summed E-state index contributed by atoms with van der Waals surface area (Å²) in [7, 11) is -4.37. The molecule has 72 valence electrons. The predicted molar refractivity (Wildman–Crippen MR) is 54.4 cm³/mol. The third-order valence-electron chi connectivity index (χ3n) is 1.43. The van der Waals surface area contributed by atoms with Crippen LogP contribution >= 0.6 is 27.5 Å². The fraction of sp³-hybridized carbons (Fsp3) is 0.143. The van der Waals surface area contributed by atoms with E-state index < -0.39 is 13.2 Å². The molecule has 0 aliphatic carbocycles. The number of alkyl halides is 2. The third kappa shape index (κ3) is 2.22. The van der Waals surface area contributed by atoms with E-state index in [0.717, 1.165) is 0 Å². The Morgan fingerprint density at radius 2 is 1.77 bits per heavy atom. The van der Waals surface area contributed by atoms with Gasteiger partial charge in [0.25, 0.3) is 10.1 Å². The normalized spacial score (nSPS) is 16.5. The summed E-state index contributed by atoms with van der Waals surface area (Å²) in [5, 5.41) is 0. The minimum absolute atomic E-state index is 0.263. The van der Waals surface area contributed by atoms with Crippen LogP contribution in [-0.2, 0) is 13.2 Å². The molecule has 0 aliphatic heterocycles. The van der Waals surface area contributed by atoms with Gasteiger partial charge < -0.3 is 0 Å². The van der Waals surface area contributed by atoms with Crippen molar-refractivity contribution in [1.29, 1.82) is 0 Å². The Balaban J connectivity index is 3.24. The van der Waals surface area contributed by atoms with Crippen LogP contribution in [-0.4, -0.2) is 13.0 Å². The van der Waals surface area contributed by atoms with Crippen LogP contribution in [0.4, 0.5) is 0 Å². The number of hydrogen-bond acceptors (Lipinski definition) is 2. The predicted octanol–water partition coefficient (Wildman–Crippen LogP) is 2.32. The standard InChI is InChI=1S/C7H6BrClO3S/c8-7(9,13(10,11)12)6-4-2-1-3-5-6/h1-5H,(H,10,11,12). The Morgan fingerprint density at radius 1 is 1.31 bits per heavy atom. The lowest BCUT2D eigenvalue weighted by atomic mass is 10.2. The van der Waals surface area contributed by atoms with Crippen molar-refractivity contribution in [3.05, 3.63) is 35.9 Å². The van der Waals surface area contributed by atoms with Gasteiger partial charge in [0, 0.05) is 5.56 Å². The molecule has 0 saturated carbocycles. The highest BCUT2D eigenvalue weighted by atomic mass is 79.9. The lowest BCUT2D eigenvalue weighted by molar-refractivity contribution is 0.477. The molecule has 0 radical (unpaired) electrons. The van der Waals surface area contributed by atoms with Gasteiger partial charge in [-0.3, -0.25) is 4.55 Å². The zero-order valence-electron chi connectivity index (χ0n) is 6.31. The zero-order valence-corrected chi connectivity index (χ0v) is 9.47. The van der Waals surface area contributed by atoms with Crippen molar-refractivity contribution < 1.29 is 13.0 Å². The van der Waals surface area contributed by atoms with E-state index in [9.17, 15) is 8.42 Å². The Bertz CT molecular complexity index is 387. The summed E-state index contributed by atoms with van der Waals surface area (Å²) in [6, 6.07) is 7.95. The molecule has 0 bridgehead atoms. The first-order chi connectivity index (χ1) is 5.86. The molecule has 0 heterocycles. The molecule has 0 amide bonds. The average Bonchev–Trinajstić information content (AvgIpc) is 2.04. The molecule has 0 spiro atoms. The highest BCUT2D eigenvalue weighted by Crippen LogP contribution is 2.40. The summed E-state index contributed by atoms with van der Waals surface area (Å²) in [4.78, 5) is 0. The zero-order chi connectivity index (χ0) is 10.1. The maximum atomic E-state index is 10.8. The molecule has 1 N–H and O–H groups in total. The summed E-state index contributed by atoms with van der Waals surface area (Å²) in [5.41, 5.74) is 0.263. The van der Waals surface area contributed by atoms with Gasteiger partial charge in [0.1, 0.15) is 0 Å². The Kier molecular flexibility index (Phi) is 3.01. The van der Waals surface area contributed by atoms with Gasteiger partial charge in [-0.25, -0.2) is 0 Å².